The molecule has 4 nitrogen and oxygen atoms in total. The summed E-state index contributed by atoms with van der Waals surface area (Å²) in [5, 5.41) is 0. The molecular weight excluding hydrogens is 248 g/mol. The quantitative estimate of drug-likeness (QED) is 0.827. The van der Waals surface area contributed by atoms with Gasteiger partial charge in [0, 0.05) is 19.1 Å². The highest BCUT2D eigenvalue weighted by Crippen LogP contribution is 2.30. The number of sulfonamides is 1. The van der Waals surface area contributed by atoms with E-state index in [4.69, 9.17) is 5.73 Å². The molecule has 0 spiro atoms. The maximum atomic E-state index is 12.2. The molecule has 1 saturated heterocycles. The molecule has 0 aromatic rings. The number of rotatable bonds is 5. The van der Waals surface area contributed by atoms with Crippen LogP contribution in [0, 0.1) is 11.8 Å². The van der Waals surface area contributed by atoms with E-state index in [1.165, 1.54) is 19.3 Å². The molecule has 1 aliphatic heterocycles. The molecule has 2 rings (SSSR count). The Morgan fingerprint density at radius 2 is 1.83 bits per heavy atom. The number of hydrogen-bond acceptors (Lipinski definition) is 3. The van der Waals surface area contributed by atoms with Crippen LogP contribution in [0.25, 0.3) is 0 Å². The van der Waals surface area contributed by atoms with Crippen molar-refractivity contribution in [2.45, 2.75) is 51.5 Å². The summed E-state index contributed by atoms with van der Waals surface area (Å²) in [6, 6.07) is 0.185. The number of nitrogens with two attached hydrogens (primary N) is 1. The summed E-state index contributed by atoms with van der Waals surface area (Å²) in [6.45, 7) is 3.35. The topological polar surface area (TPSA) is 63.4 Å². The van der Waals surface area contributed by atoms with E-state index in [2.05, 4.69) is 0 Å². The molecule has 18 heavy (non-hydrogen) atoms. The highest BCUT2D eigenvalue weighted by atomic mass is 32.2. The van der Waals surface area contributed by atoms with Gasteiger partial charge in [-0.3, -0.25) is 0 Å². The minimum absolute atomic E-state index is 0.185. The van der Waals surface area contributed by atoms with E-state index in [9.17, 15) is 8.42 Å². The van der Waals surface area contributed by atoms with Gasteiger partial charge in [0.15, 0.2) is 0 Å². The van der Waals surface area contributed by atoms with Crippen LogP contribution in [0.5, 0.6) is 0 Å². The van der Waals surface area contributed by atoms with Gasteiger partial charge in [-0.1, -0.05) is 19.3 Å². The second kappa shape index (κ2) is 5.88. The van der Waals surface area contributed by atoms with Crippen LogP contribution >= 0.6 is 0 Å². The van der Waals surface area contributed by atoms with Crippen molar-refractivity contribution in [2.75, 3.05) is 18.8 Å². The summed E-state index contributed by atoms with van der Waals surface area (Å²) in [6.07, 6.45) is 6.42. The van der Waals surface area contributed by atoms with Gasteiger partial charge < -0.3 is 5.73 Å². The van der Waals surface area contributed by atoms with Gasteiger partial charge in [-0.25, -0.2) is 12.7 Å². The van der Waals surface area contributed by atoms with E-state index in [1.54, 1.807) is 4.31 Å². The van der Waals surface area contributed by atoms with Crippen molar-refractivity contribution >= 4 is 10.0 Å². The highest BCUT2D eigenvalue weighted by Gasteiger charge is 2.30. The first-order chi connectivity index (χ1) is 8.49. The van der Waals surface area contributed by atoms with E-state index < -0.39 is 10.0 Å². The molecule has 5 heteroatoms. The molecule has 0 bridgehead atoms. The first-order valence-electron chi connectivity index (χ1n) is 7.22. The van der Waals surface area contributed by atoms with Crippen LogP contribution in [0.3, 0.4) is 0 Å². The van der Waals surface area contributed by atoms with Crippen molar-refractivity contribution in [2.24, 2.45) is 17.6 Å². The fourth-order valence-electron chi connectivity index (χ4n) is 2.91. The Kier molecular flexibility index (Phi) is 4.67. The Bertz CT molecular complexity index is 355. The zero-order chi connectivity index (χ0) is 13.2. The predicted molar refractivity (Wildman–Crippen MR) is 73.7 cm³/mol. The van der Waals surface area contributed by atoms with Crippen LogP contribution in [-0.4, -0.2) is 37.6 Å². The van der Waals surface area contributed by atoms with E-state index in [1.807, 2.05) is 6.92 Å². The van der Waals surface area contributed by atoms with Crippen molar-refractivity contribution in [3.8, 4) is 0 Å². The monoisotopic (exact) mass is 274 g/mol. The average molecular weight is 274 g/mol. The maximum Gasteiger partial charge on any atom is 0.214 e. The van der Waals surface area contributed by atoms with Crippen molar-refractivity contribution in [1.29, 1.82) is 0 Å². The largest absolute Gasteiger partial charge is 0.328 e. The number of hydrogen-bond donors (Lipinski definition) is 1. The second-order valence-corrected chi connectivity index (χ2v) is 8.09. The fraction of sp³-hybridized carbons (Fsp3) is 1.00. The van der Waals surface area contributed by atoms with Gasteiger partial charge in [0.05, 0.1) is 5.75 Å². The lowest BCUT2D eigenvalue weighted by molar-refractivity contribution is 0.248. The standard InChI is InChI=1S/C13H26N2O2S/c1-11(14)13-5-8-15(9-6-13)18(16,17)10-7-12-3-2-4-12/h11-13H,2-10,14H2,1H3. The summed E-state index contributed by atoms with van der Waals surface area (Å²) in [7, 11) is -3.01. The van der Waals surface area contributed by atoms with Crippen molar-refractivity contribution < 1.29 is 8.42 Å². The summed E-state index contributed by atoms with van der Waals surface area (Å²) < 4.78 is 26.1. The fourth-order valence-corrected chi connectivity index (χ4v) is 4.56. The average Bonchev–Trinajstić information content (AvgIpc) is 2.27. The lowest BCUT2D eigenvalue weighted by Gasteiger charge is -2.33. The third kappa shape index (κ3) is 3.45. The smallest absolute Gasteiger partial charge is 0.214 e. The zero-order valence-electron chi connectivity index (χ0n) is 11.3. The molecule has 1 heterocycles. The summed E-state index contributed by atoms with van der Waals surface area (Å²) in [5.41, 5.74) is 5.88. The predicted octanol–water partition coefficient (Wildman–Crippen LogP) is 1.57. The van der Waals surface area contributed by atoms with Crippen LogP contribution in [-0.2, 0) is 10.0 Å². The molecule has 1 saturated carbocycles. The molecular formula is C13H26N2O2S. The normalized spacial score (nSPS) is 25.9. The van der Waals surface area contributed by atoms with Gasteiger partial charge in [-0.05, 0) is 38.0 Å². The lowest BCUT2D eigenvalue weighted by Crippen LogP contribution is -2.43. The highest BCUT2D eigenvalue weighted by molar-refractivity contribution is 7.89. The van der Waals surface area contributed by atoms with Crippen LogP contribution in [0.1, 0.15) is 45.4 Å². The lowest BCUT2D eigenvalue weighted by atomic mass is 9.84. The molecule has 2 N–H and O–H groups in total. The van der Waals surface area contributed by atoms with Gasteiger partial charge in [0.2, 0.25) is 10.0 Å². The zero-order valence-corrected chi connectivity index (χ0v) is 12.2. The molecule has 2 aliphatic rings. The van der Waals surface area contributed by atoms with Crippen molar-refractivity contribution in [1.82, 2.24) is 4.31 Å². The summed E-state index contributed by atoms with van der Waals surface area (Å²) in [4.78, 5) is 0. The Balaban J connectivity index is 1.79. The Morgan fingerprint density at radius 3 is 2.28 bits per heavy atom. The van der Waals surface area contributed by atoms with Crippen LogP contribution in [0.15, 0.2) is 0 Å². The molecule has 1 aliphatic carbocycles. The van der Waals surface area contributed by atoms with E-state index >= 15 is 0 Å². The number of nitrogens with zero attached hydrogens (tertiary/aromatic N) is 1. The van der Waals surface area contributed by atoms with Gasteiger partial charge in [0.25, 0.3) is 0 Å². The molecule has 1 atom stereocenters. The maximum absolute atomic E-state index is 12.2. The molecule has 0 aromatic heterocycles. The molecule has 0 aromatic carbocycles. The van der Waals surface area contributed by atoms with Crippen LogP contribution in [0.2, 0.25) is 0 Å². The Morgan fingerprint density at radius 1 is 1.22 bits per heavy atom. The Hall–Kier alpha value is -0.130. The summed E-state index contributed by atoms with van der Waals surface area (Å²) >= 11 is 0. The third-order valence-corrected chi connectivity index (χ3v) is 6.55. The van der Waals surface area contributed by atoms with Crippen molar-refractivity contribution in [3.05, 3.63) is 0 Å². The van der Waals surface area contributed by atoms with Gasteiger partial charge >= 0.3 is 0 Å². The minimum atomic E-state index is -3.01. The van der Waals surface area contributed by atoms with E-state index in [-0.39, 0.29) is 6.04 Å². The molecule has 1 unspecified atom stereocenters. The molecule has 2 fully saturated rings. The number of piperidine rings is 1. The molecule has 0 amide bonds. The SMILES string of the molecule is CC(N)C1CCN(S(=O)(=O)CCC2CCC2)CC1. The first-order valence-corrected chi connectivity index (χ1v) is 8.83. The molecule has 0 radical (unpaired) electrons. The Labute approximate surface area is 111 Å². The third-order valence-electron chi connectivity index (χ3n) is 4.64. The van der Waals surface area contributed by atoms with E-state index in [0.29, 0.717) is 30.7 Å². The van der Waals surface area contributed by atoms with Crippen molar-refractivity contribution in [3.63, 3.8) is 0 Å². The van der Waals surface area contributed by atoms with Crippen LogP contribution < -0.4 is 5.73 Å². The van der Waals surface area contributed by atoms with Gasteiger partial charge in [-0.15, -0.1) is 0 Å². The first kappa shape index (κ1) is 14.3. The summed E-state index contributed by atoms with van der Waals surface area (Å²) in [5.74, 6) is 1.50. The second-order valence-electron chi connectivity index (χ2n) is 6.00. The molecule has 106 valence electrons. The van der Waals surface area contributed by atoms with E-state index in [0.717, 1.165) is 19.3 Å². The van der Waals surface area contributed by atoms with Crippen LogP contribution in [0.4, 0.5) is 0 Å². The van der Waals surface area contributed by atoms with Gasteiger partial charge in [-0.2, -0.15) is 0 Å². The minimum Gasteiger partial charge on any atom is -0.328 e. The van der Waals surface area contributed by atoms with Gasteiger partial charge in [0.1, 0.15) is 0 Å².